The number of hydrogen-bond donors (Lipinski definition) is 1. The molecule has 0 bridgehead atoms. The van der Waals surface area contributed by atoms with Gasteiger partial charge in [-0.25, -0.2) is 8.42 Å². The molecule has 1 aliphatic carbocycles. The summed E-state index contributed by atoms with van der Waals surface area (Å²) in [5.41, 5.74) is 2.22. The molecule has 0 spiro atoms. The van der Waals surface area contributed by atoms with Gasteiger partial charge in [-0.15, -0.1) is 0 Å². The zero-order valence-electron chi connectivity index (χ0n) is 14.6. The minimum Gasteiger partial charge on any atom is -0.497 e. The molecule has 1 saturated carbocycles. The number of nitrogens with one attached hydrogen (secondary N) is 1. The summed E-state index contributed by atoms with van der Waals surface area (Å²) in [5.74, 6) is 0.0406. The van der Waals surface area contributed by atoms with E-state index in [0.717, 1.165) is 5.56 Å². The maximum Gasteiger partial charge on any atom is 0.250 e. The lowest BCUT2D eigenvalue weighted by atomic mass is 10.2. The predicted octanol–water partition coefficient (Wildman–Crippen LogP) is 2.55. The highest BCUT2D eigenvalue weighted by Gasteiger charge is 2.75. The van der Waals surface area contributed by atoms with Gasteiger partial charge >= 0.3 is 0 Å². The van der Waals surface area contributed by atoms with Gasteiger partial charge in [0.15, 0.2) is 4.75 Å². The summed E-state index contributed by atoms with van der Waals surface area (Å²) >= 11 is 0. The fourth-order valence-electron chi connectivity index (χ4n) is 3.59. The smallest absolute Gasteiger partial charge is 0.250 e. The summed E-state index contributed by atoms with van der Waals surface area (Å²) in [6.45, 7) is 2.30. The summed E-state index contributed by atoms with van der Waals surface area (Å²) in [7, 11) is -2.19. The molecule has 2 aromatic carbocycles. The fourth-order valence-corrected chi connectivity index (χ4v) is 5.95. The number of nitrogens with zero attached hydrogens (tertiary/aromatic N) is 1. The zero-order chi connectivity index (χ0) is 18.5. The third-order valence-electron chi connectivity index (χ3n) is 5.24. The maximum absolute atomic E-state index is 13.1. The van der Waals surface area contributed by atoms with E-state index in [-0.39, 0.29) is 5.92 Å². The normalized spacial score (nSPS) is 25.5. The molecule has 2 aliphatic rings. The topological polar surface area (TPSA) is 75.7 Å². The van der Waals surface area contributed by atoms with Crippen LogP contribution in [0.1, 0.15) is 12.0 Å². The van der Waals surface area contributed by atoms with Crippen LogP contribution in [0, 0.1) is 12.8 Å². The number of methoxy groups -OCH3 is 1. The van der Waals surface area contributed by atoms with Crippen molar-refractivity contribution in [3.8, 4) is 5.75 Å². The molecule has 1 aliphatic heterocycles. The molecule has 2 atom stereocenters. The van der Waals surface area contributed by atoms with Crippen molar-refractivity contribution < 1.29 is 17.9 Å². The van der Waals surface area contributed by atoms with Crippen LogP contribution in [-0.2, 0) is 14.8 Å². The van der Waals surface area contributed by atoms with Gasteiger partial charge in [0.2, 0.25) is 15.9 Å². The van der Waals surface area contributed by atoms with Crippen molar-refractivity contribution in [3.05, 3.63) is 54.1 Å². The van der Waals surface area contributed by atoms with E-state index in [2.05, 4.69) is 5.32 Å². The second kappa shape index (κ2) is 5.74. The summed E-state index contributed by atoms with van der Waals surface area (Å²) < 4.78 is 31.3. The minimum absolute atomic E-state index is 0.174. The van der Waals surface area contributed by atoms with Crippen LogP contribution >= 0.6 is 0 Å². The quantitative estimate of drug-likeness (QED) is 0.895. The highest BCUT2D eigenvalue weighted by Crippen LogP contribution is 2.58. The van der Waals surface area contributed by atoms with Gasteiger partial charge in [0.05, 0.1) is 12.8 Å². The number of fused-ring (bicyclic) bond motifs is 1. The molecule has 1 amide bonds. The van der Waals surface area contributed by atoms with E-state index in [1.807, 2.05) is 19.1 Å². The molecule has 7 heteroatoms. The minimum atomic E-state index is -3.75. The lowest BCUT2D eigenvalue weighted by molar-refractivity contribution is -0.116. The van der Waals surface area contributed by atoms with Gasteiger partial charge < -0.3 is 10.1 Å². The van der Waals surface area contributed by atoms with Crippen molar-refractivity contribution in [2.24, 2.45) is 5.92 Å². The Bertz CT molecular complexity index is 954. The van der Waals surface area contributed by atoms with Gasteiger partial charge in [-0.05, 0) is 49.7 Å². The monoisotopic (exact) mass is 372 g/mol. The average molecular weight is 372 g/mol. The summed E-state index contributed by atoms with van der Waals surface area (Å²) in [6, 6.07) is 14.2. The summed E-state index contributed by atoms with van der Waals surface area (Å²) in [6.07, 6.45) is 0.375. The van der Waals surface area contributed by atoms with Gasteiger partial charge in [-0.2, -0.15) is 0 Å². The Morgan fingerprint density at radius 1 is 1.15 bits per heavy atom. The molecule has 2 fully saturated rings. The number of benzene rings is 2. The van der Waals surface area contributed by atoms with Crippen LogP contribution in [0.4, 0.5) is 11.4 Å². The first-order valence-electron chi connectivity index (χ1n) is 8.43. The Labute approximate surface area is 152 Å². The van der Waals surface area contributed by atoms with Crippen LogP contribution in [0.5, 0.6) is 5.75 Å². The molecule has 2 aromatic rings. The van der Waals surface area contributed by atoms with E-state index in [1.54, 1.807) is 43.5 Å². The molecule has 6 nitrogen and oxygen atoms in total. The van der Waals surface area contributed by atoms with Gasteiger partial charge in [0.1, 0.15) is 5.75 Å². The molecule has 0 unspecified atom stereocenters. The summed E-state index contributed by atoms with van der Waals surface area (Å²) in [4.78, 5) is 12.8. The third-order valence-corrected chi connectivity index (χ3v) is 7.79. The number of aryl methyl sites for hydroxylation is 1. The lowest BCUT2D eigenvalue weighted by Crippen LogP contribution is -2.42. The number of rotatable bonds is 4. The van der Waals surface area contributed by atoms with Crippen LogP contribution < -0.4 is 14.4 Å². The first-order chi connectivity index (χ1) is 12.4. The fraction of sp³-hybridized carbons (Fsp3) is 0.316. The Balaban J connectivity index is 1.58. The van der Waals surface area contributed by atoms with Crippen molar-refractivity contribution in [2.45, 2.75) is 18.1 Å². The van der Waals surface area contributed by atoms with E-state index >= 15 is 0 Å². The van der Waals surface area contributed by atoms with Crippen LogP contribution in [0.3, 0.4) is 0 Å². The number of carbonyl (C=O) groups excluding carboxylic acids is 1. The van der Waals surface area contributed by atoms with Crippen molar-refractivity contribution in [1.82, 2.24) is 0 Å². The van der Waals surface area contributed by atoms with Crippen molar-refractivity contribution >= 4 is 27.3 Å². The first-order valence-corrected chi connectivity index (χ1v) is 9.87. The second-order valence-electron chi connectivity index (χ2n) is 6.84. The first kappa shape index (κ1) is 16.9. The zero-order valence-corrected chi connectivity index (χ0v) is 15.4. The Hall–Kier alpha value is -2.54. The molecule has 0 aromatic heterocycles. The van der Waals surface area contributed by atoms with Crippen molar-refractivity contribution in [1.29, 1.82) is 0 Å². The second-order valence-corrected chi connectivity index (χ2v) is 8.96. The number of ether oxygens (including phenoxy) is 1. The number of anilines is 2. The third kappa shape index (κ3) is 2.38. The van der Waals surface area contributed by atoms with E-state index in [1.165, 1.54) is 4.31 Å². The molecule has 26 heavy (non-hydrogen) atoms. The number of carbonyl (C=O) groups is 1. The predicted molar refractivity (Wildman–Crippen MR) is 99.9 cm³/mol. The van der Waals surface area contributed by atoms with Gasteiger partial charge in [0, 0.05) is 18.2 Å². The van der Waals surface area contributed by atoms with E-state index in [4.69, 9.17) is 4.74 Å². The molecule has 1 N–H and O–H groups in total. The molecule has 0 radical (unpaired) electrons. The molecule has 136 valence electrons. The molecule has 1 heterocycles. The number of hydrogen-bond acceptors (Lipinski definition) is 4. The molecular formula is C19H20N2O4S. The maximum atomic E-state index is 13.1. The van der Waals surface area contributed by atoms with Crippen LogP contribution in [-0.4, -0.2) is 32.7 Å². The standard InChI is InChI=1S/C19H20N2O4S/c1-13-3-7-16(8-4-13)21-12-14-11-19(14,26(21,23)24)18(22)20-15-5-9-17(25-2)10-6-15/h3-10,14H,11-12H2,1-2H3,(H,20,22)/t14-,19-/m1/s1. The number of amides is 1. The highest BCUT2D eigenvalue weighted by molar-refractivity contribution is 7.95. The largest absolute Gasteiger partial charge is 0.497 e. The van der Waals surface area contributed by atoms with Gasteiger partial charge in [-0.1, -0.05) is 17.7 Å². The molecule has 1 saturated heterocycles. The lowest BCUT2D eigenvalue weighted by Gasteiger charge is -2.23. The van der Waals surface area contributed by atoms with Gasteiger partial charge in [0.25, 0.3) is 0 Å². The van der Waals surface area contributed by atoms with E-state index < -0.39 is 20.7 Å². The van der Waals surface area contributed by atoms with Gasteiger partial charge in [-0.3, -0.25) is 9.10 Å². The SMILES string of the molecule is COc1ccc(NC(=O)[C@@]23C[C@@H]2CN(c2ccc(C)cc2)S3(=O)=O)cc1. The van der Waals surface area contributed by atoms with E-state index in [9.17, 15) is 13.2 Å². The molecular weight excluding hydrogens is 352 g/mol. The molecule has 4 rings (SSSR count). The Morgan fingerprint density at radius 2 is 1.81 bits per heavy atom. The highest BCUT2D eigenvalue weighted by atomic mass is 32.2. The van der Waals surface area contributed by atoms with Crippen LogP contribution in [0.25, 0.3) is 0 Å². The number of sulfonamides is 1. The van der Waals surface area contributed by atoms with Crippen molar-refractivity contribution in [2.75, 3.05) is 23.3 Å². The van der Waals surface area contributed by atoms with Crippen LogP contribution in [0.15, 0.2) is 48.5 Å². The Kier molecular flexibility index (Phi) is 3.73. The van der Waals surface area contributed by atoms with Crippen molar-refractivity contribution in [3.63, 3.8) is 0 Å². The summed E-state index contributed by atoms with van der Waals surface area (Å²) in [5, 5.41) is 2.75. The Morgan fingerprint density at radius 3 is 2.42 bits per heavy atom. The average Bonchev–Trinajstić information content (AvgIpc) is 3.32. The van der Waals surface area contributed by atoms with Crippen LogP contribution in [0.2, 0.25) is 0 Å². The van der Waals surface area contributed by atoms with E-state index in [0.29, 0.717) is 30.1 Å².